The van der Waals surface area contributed by atoms with Crippen LogP contribution in [0, 0.1) is 5.92 Å². The van der Waals surface area contributed by atoms with Crippen LogP contribution in [0.25, 0.3) is 11.2 Å². The molecular weight excluding hydrogens is 394 g/mol. The van der Waals surface area contributed by atoms with Crippen LogP contribution in [0.5, 0.6) is 0 Å². The number of Topliss-reactive ketones (excluding diaryl/α,β-unsaturated/α-hetero) is 1. The smallest absolute Gasteiger partial charge is 0.332 e. The van der Waals surface area contributed by atoms with Crippen LogP contribution < -0.4 is 16.6 Å². The molecule has 1 unspecified atom stereocenters. The fourth-order valence-electron chi connectivity index (χ4n) is 2.70. The standard InChI is InChI=1S/C15H20BrN5O4/c1-7(2)10(8(3)22)17-9(23)6-21-12-11(18-14(21)16)13(24)20(5)15(25)19(12)4/h7,10H,6H2,1-5H3,(H,17,23). The molecule has 1 amide bonds. The van der Waals surface area contributed by atoms with Crippen molar-refractivity contribution in [2.24, 2.45) is 20.0 Å². The molecule has 0 saturated heterocycles. The molecule has 25 heavy (non-hydrogen) atoms. The zero-order valence-electron chi connectivity index (χ0n) is 14.7. The molecule has 1 N–H and O–H groups in total. The third-order valence-electron chi connectivity index (χ3n) is 4.02. The van der Waals surface area contributed by atoms with Crippen molar-refractivity contribution in [3.63, 3.8) is 0 Å². The minimum absolute atomic E-state index is 0.0546. The Morgan fingerprint density at radius 3 is 2.32 bits per heavy atom. The molecule has 2 heterocycles. The molecule has 2 aromatic heterocycles. The molecule has 0 aliphatic heterocycles. The van der Waals surface area contributed by atoms with E-state index in [9.17, 15) is 19.2 Å². The molecule has 10 heteroatoms. The fourth-order valence-corrected chi connectivity index (χ4v) is 3.17. The molecule has 0 spiro atoms. The lowest BCUT2D eigenvalue weighted by Gasteiger charge is -2.20. The minimum Gasteiger partial charge on any atom is -0.344 e. The maximum absolute atomic E-state index is 12.4. The van der Waals surface area contributed by atoms with Gasteiger partial charge < -0.3 is 5.32 Å². The van der Waals surface area contributed by atoms with E-state index in [2.05, 4.69) is 26.2 Å². The van der Waals surface area contributed by atoms with Crippen molar-refractivity contribution < 1.29 is 9.59 Å². The third kappa shape index (κ3) is 3.44. The number of aryl methyl sites for hydroxylation is 1. The Morgan fingerprint density at radius 2 is 1.80 bits per heavy atom. The fraction of sp³-hybridized carbons (Fsp3) is 0.533. The number of imidazole rings is 1. The highest BCUT2D eigenvalue weighted by Gasteiger charge is 2.23. The Kier molecular flexibility index (Phi) is 5.31. The molecule has 0 radical (unpaired) electrons. The average Bonchev–Trinajstić information content (AvgIpc) is 2.85. The summed E-state index contributed by atoms with van der Waals surface area (Å²) in [4.78, 5) is 52.5. The molecular formula is C15H20BrN5O4. The first kappa shape index (κ1) is 19.1. The molecule has 0 saturated carbocycles. The van der Waals surface area contributed by atoms with Crippen LogP contribution in [0.15, 0.2) is 14.3 Å². The number of aromatic nitrogens is 4. The van der Waals surface area contributed by atoms with E-state index >= 15 is 0 Å². The van der Waals surface area contributed by atoms with Gasteiger partial charge in [0.15, 0.2) is 21.7 Å². The van der Waals surface area contributed by atoms with Crippen LogP contribution in [0.4, 0.5) is 0 Å². The van der Waals surface area contributed by atoms with E-state index in [0.29, 0.717) is 0 Å². The largest absolute Gasteiger partial charge is 0.344 e. The minimum atomic E-state index is -0.599. The Morgan fingerprint density at radius 1 is 1.20 bits per heavy atom. The summed E-state index contributed by atoms with van der Waals surface area (Å²) in [5.41, 5.74) is -0.743. The van der Waals surface area contributed by atoms with E-state index in [4.69, 9.17) is 0 Å². The lowest BCUT2D eigenvalue weighted by Crippen LogP contribution is -2.44. The zero-order valence-corrected chi connectivity index (χ0v) is 16.2. The molecule has 0 fully saturated rings. The van der Waals surface area contributed by atoms with E-state index in [-0.39, 0.29) is 34.1 Å². The number of hydrogen-bond donors (Lipinski definition) is 1. The van der Waals surface area contributed by atoms with Crippen molar-refractivity contribution in [2.45, 2.75) is 33.4 Å². The second-order valence-corrected chi connectivity index (χ2v) is 6.95. The number of carbonyl (C=O) groups is 2. The number of rotatable bonds is 5. The van der Waals surface area contributed by atoms with E-state index < -0.39 is 23.2 Å². The summed E-state index contributed by atoms with van der Waals surface area (Å²) in [7, 11) is 2.86. The lowest BCUT2D eigenvalue weighted by molar-refractivity contribution is -0.128. The highest BCUT2D eigenvalue weighted by Crippen LogP contribution is 2.16. The normalized spacial score (nSPS) is 12.6. The van der Waals surface area contributed by atoms with Crippen LogP contribution in [0.1, 0.15) is 20.8 Å². The number of fused-ring (bicyclic) bond motifs is 1. The monoisotopic (exact) mass is 413 g/mol. The average molecular weight is 414 g/mol. The zero-order chi connectivity index (χ0) is 19.0. The number of ketones is 1. The summed E-state index contributed by atoms with van der Waals surface area (Å²) >= 11 is 3.22. The number of nitrogens with zero attached hydrogens (tertiary/aromatic N) is 4. The second kappa shape index (κ2) is 6.95. The van der Waals surface area contributed by atoms with Gasteiger partial charge in [-0.1, -0.05) is 13.8 Å². The SMILES string of the molecule is CC(=O)C(NC(=O)Cn1c(Br)nc2c(=O)n(C)c(=O)n(C)c21)C(C)C. The topological polar surface area (TPSA) is 108 Å². The lowest BCUT2D eigenvalue weighted by atomic mass is 10.0. The molecule has 0 aromatic carbocycles. The summed E-state index contributed by atoms with van der Waals surface area (Å²) in [5.74, 6) is -0.609. The van der Waals surface area contributed by atoms with Gasteiger partial charge in [0.2, 0.25) is 5.91 Å². The van der Waals surface area contributed by atoms with Crippen LogP contribution in [0.2, 0.25) is 0 Å². The van der Waals surface area contributed by atoms with Crippen molar-refractivity contribution in [3.8, 4) is 0 Å². The quantitative estimate of drug-likeness (QED) is 0.689. The molecule has 0 aliphatic carbocycles. The van der Waals surface area contributed by atoms with E-state index in [0.717, 1.165) is 4.57 Å². The van der Waals surface area contributed by atoms with Gasteiger partial charge in [-0.2, -0.15) is 0 Å². The van der Waals surface area contributed by atoms with Crippen LogP contribution in [0.3, 0.4) is 0 Å². The van der Waals surface area contributed by atoms with E-state index in [1.54, 1.807) is 0 Å². The van der Waals surface area contributed by atoms with Gasteiger partial charge in [0.1, 0.15) is 6.54 Å². The van der Waals surface area contributed by atoms with Crippen molar-refractivity contribution in [2.75, 3.05) is 0 Å². The number of halogens is 1. The molecule has 1 atom stereocenters. The number of hydrogen-bond acceptors (Lipinski definition) is 5. The first-order valence-electron chi connectivity index (χ1n) is 7.67. The predicted molar refractivity (Wildman–Crippen MR) is 95.4 cm³/mol. The van der Waals surface area contributed by atoms with Gasteiger partial charge in [0.05, 0.1) is 6.04 Å². The van der Waals surface area contributed by atoms with Crippen LogP contribution >= 0.6 is 15.9 Å². The third-order valence-corrected chi connectivity index (χ3v) is 4.62. The Balaban J connectivity index is 2.47. The molecule has 0 bridgehead atoms. The predicted octanol–water partition coefficient (Wildman–Crippen LogP) is -0.0740. The molecule has 2 aromatic rings. The Labute approximate surface area is 151 Å². The second-order valence-electron chi connectivity index (χ2n) is 6.24. The molecule has 136 valence electrons. The Bertz CT molecular complexity index is 969. The number of amides is 1. The summed E-state index contributed by atoms with van der Waals surface area (Å²) in [5, 5.41) is 2.68. The maximum atomic E-state index is 12.4. The number of nitrogens with one attached hydrogen (secondary N) is 1. The van der Waals surface area contributed by atoms with Gasteiger partial charge in [0, 0.05) is 14.1 Å². The van der Waals surface area contributed by atoms with Crippen molar-refractivity contribution in [1.29, 1.82) is 0 Å². The van der Waals surface area contributed by atoms with Gasteiger partial charge in [-0.25, -0.2) is 9.78 Å². The summed E-state index contributed by atoms with van der Waals surface area (Å²) in [6.45, 7) is 4.90. The summed E-state index contributed by atoms with van der Waals surface area (Å²) in [6.07, 6.45) is 0. The summed E-state index contributed by atoms with van der Waals surface area (Å²) < 4.78 is 3.88. The van der Waals surface area contributed by atoms with Crippen molar-refractivity contribution in [3.05, 3.63) is 25.6 Å². The van der Waals surface area contributed by atoms with Gasteiger partial charge in [-0.15, -0.1) is 0 Å². The first-order chi connectivity index (χ1) is 11.6. The van der Waals surface area contributed by atoms with Crippen molar-refractivity contribution in [1.82, 2.24) is 24.0 Å². The van der Waals surface area contributed by atoms with Crippen LogP contribution in [-0.2, 0) is 30.2 Å². The van der Waals surface area contributed by atoms with E-state index in [1.165, 1.54) is 30.2 Å². The van der Waals surface area contributed by atoms with Crippen molar-refractivity contribution >= 4 is 38.8 Å². The van der Waals surface area contributed by atoms with Gasteiger partial charge in [0.25, 0.3) is 5.56 Å². The molecule has 0 aliphatic rings. The van der Waals surface area contributed by atoms with Gasteiger partial charge in [-0.05, 0) is 28.8 Å². The van der Waals surface area contributed by atoms with Gasteiger partial charge >= 0.3 is 5.69 Å². The van der Waals surface area contributed by atoms with E-state index in [1.807, 2.05) is 13.8 Å². The number of carbonyl (C=O) groups excluding carboxylic acids is 2. The molecule has 2 rings (SSSR count). The van der Waals surface area contributed by atoms with Crippen LogP contribution in [-0.4, -0.2) is 36.4 Å². The molecule has 9 nitrogen and oxygen atoms in total. The highest BCUT2D eigenvalue weighted by molar-refractivity contribution is 9.10. The summed E-state index contributed by atoms with van der Waals surface area (Å²) in [6, 6.07) is -0.599. The van der Waals surface area contributed by atoms with Gasteiger partial charge in [-0.3, -0.25) is 28.1 Å². The Hall–Kier alpha value is -2.23. The maximum Gasteiger partial charge on any atom is 0.332 e. The highest BCUT2D eigenvalue weighted by atomic mass is 79.9. The first-order valence-corrected chi connectivity index (χ1v) is 8.47.